The average Bonchev–Trinajstić information content (AvgIpc) is 2.66. The van der Waals surface area contributed by atoms with E-state index in [1.54, 1.807) is 32.2 Å². The molecule has 1 atom stereocenters. The highest BCUT2D eigenvalue weighted by molar-refractivity contribution is 6.07. The minimum Gasteiger partial charge on any atom is -0.366 e. The molecule has 0 aliphatic heterocycles. The van der Waals surface area contributed by atoms with Crippen LogP contribution in [0.25, 0.3) is 10.9 Å². The Morgan fingerprint density at radius 2 is 1.83 bits per heavy atom. The van der Waals surface area contributed by atoms with Gasteiger partial charge in [0.15, 0.2) is 0 Å². The molecule has 0 radical (unpaired) electrons. The molecule has 6 nitrogen and oxygen atoms in total. The maximum absolute atomic E-state index is 12.9. The molecular weight excluding hydrogens is 383 g/mol. The summed E-state index contributed by atoms with van der Waals surface area (Å²) in [6, 6.07) is 9.62. The average molecular weight is 403 g/mol. The van der Waals surface area contributed by atoms with Crippen LogP contribution < -0.4 is 16.4 Å². The summed E-state index contributed by atoms with van der Waals surface area (Å²) < 4.78 is 38.6. The minimum atomic E-state index is -4.39. The fourth-order valence-electron chi connectivity index (χ4n) is 3.10. The van der Waals surface area contributed by atoms with Crippen LogP contribution in [-0.2, 0) is 6.18 Å². The molecule has 4 N–H and O–H groups in total. The first-order valence-electron chi connectivity index (χ1n) is 8.86. The van der Waals surface area contributed by atoms with E-state index in [-0.39, 0.29) is 11.6 Å². The number of nitrogens with zero attached hydrogens (tertiary/aromatic N) is 2. The lowest BCUT2D eigenvalue weighted by Gasteiger charge is -2.21. The number of aromatic nitrogens is 2. The second-order valence-electron chi connectivity index (χ2n) is 6.56. The number of fused-ring (bicyclic) bond motifs is 1. The highest BCUT2D eigenvalue weighted by Crippen LogP contribution is 2.31. The van der Waals surface area contributed by atoms with Crippen LogP contribution in [0.1, 0.15) is 33.4 Å². The van der Waals surface area contributed by atoms with Gasteiger partial charge < -0.3 is 16.4 Å². The third kappa shape index (κ3) is 4.45. The molecule has 3 rings (SSSR count). The Bertz CT molecular complexity index is 1030. The number of likely N-dealkylation sites (N-methyl/N-ethyl adjacent to an activating group) is 1. The zero-order valence-corrected chi connectivity index (χ0v) is 15.8. The molecule has 1 amide bonds. The Hall–Kier alpha value is -3.20. The number of nitrogens with two attached hydrogens (primary N) is 1. The molecule has 0 saturated carbocycles. The normalized spacial score (nSPS) is 12.7. The highest BCUT2D eigenvalue weighted by atomic mass is 19.4. The SMILES string of the molecule is CNC[C@@H](Nc1nc(C)nc2c(C(N)=O)cccc12)c1ccc(C(F)(F)F)cc1. The Morgan fingerprint density at radius 1 is 1.14 bits per heavy atom. The second kappa shape index (κ2) is 8.04. The summed E-state index contributed by atoms with van der Waals surface area (Å²) in [4.78, 5) is 20.5. The van der Waals surface area contributed by atoms with Gasteiger partial charge >= 0.3 is 6.18 Å². The number of halogens is 3. The zero-order chi connectivity index (χ0) is 21.2. The lowest BCUT2D eigenvalue weighted by atomic mass is 10.0. The molecule has 0 spiro atoms. The van der Waals surface area contributed by atoms with E-state index in [0.717, 1.165) is 12.1 Å². The quantitative estimate of drug-likeness (QED) is 0.586. The fraction of sp³-hybridized carbons (Fsp3) is 0.250. The number of para-hydroxylation sites is 1. The number of carbonyl (C=O) groups excluding carboxylic acids is 1. The van der Waals surface area contributed by atoms with Crippen LogP contribution in [0.15, 0.2) is 42.5 Å². The van der Waals surface area contributed by atoms with Crippen molar-refractivity contribution in [2.75, 3.05) is 18.9 Å². The Morgan fingerprint density at radius 3 is 2.41 bits per heavy atom. The van der Waals surface area contributed by atoms with Gasteiger partial charge in [0, 0.05) is 11.9 Å². The summed E-state index contributed by atoms with van der Waals surface area (Å²) in [5.74, 6) is 0.300. The Balaban J connectivity index is 2.02. The number of hydrogen-bond acceptors (Lipinski definition) is 5. The van der Waals surface area contributed by atoms with Gasteiger partial charge in [-0.05, 0) is 43.8 Å². The van der Waals surface area contributed by atoms with Gasteiger partial charge in [0.1, 0.15) is 11.6 Å². The number of rotatable bonds is 6. The highest BCUT2D eigenvalue weighted by Gasteiger charge is 2.30. The summed E-state index contributed by atoms with van der Waals surface area (Å²) >= 11 is 0. The largest absolute Gasteiger partial charge is 0.416 e. The number of benzene rings is 2. The molecule has 0 aliphatic carbocycles. The van der Waals surface area contributed by atoms with Crippen molar-refractivity contribution in [1.29, 1.82) is 0 Å². The zero-order valence-electron chi connectivity index (χ0n) is 15.8. The van der Waals surface area contributed by atoms with Crippen molar-refractivity contribution in [2.24, 2.45) is 5.73 Å². The van der Waals surface area contributed by atoms with Crippen LogP contribution in [0.2, 0.25) is 0 Å². The first-order valence-corrected chi connectivity index (χ1v) is 8.86. The number of aryl methyl sites for hydroxylation is 1. The van der Waals surface area contributed by atoms with Gasteiger partial charge in [-0.2, -0.15) is 13.2 Å². The molecule has 3 aromatic rings. The number of amides is 1. The van der Waals surface area contributed by atoms with E-state index < -0.39 is 17.6 Å². The molecular formula is C20H20F3N5O. The molecule has 0 saturated heterocycles. The summed E-state index contributed by atoms with van der Waals surface area (Å²) in [7, 11) is 1.74. The van der Waals surface area contributed by atoms with Crippen LogP contribution in [0, 0.1) is 6.92 Å². The summed E-state index contributed by atoms with van der Waals surface area (Å²) in [5.41, 5.74) is 6.09. The van der Waals surface area contributed by atoms with E-state index in [1.165, 1.54) is 12.1 Å². The molecule has 0 bridgehead atoms. The van der Waals surface area contributed by atoms with E-state index in [2.05, 4.69) is 20.6 Å². The maximum Gasteiger partial charge on any atom is 0.416 e. The third-order valence-corrected chi connectivity index (χ3v) is 4.46. The smallest absolute Gasteiger partial charge is 0.366 e. The van der Waals surface area contributed by atoms with Gasteiger partial charge in [-0.1, -0.05) is 18.2 Å². The van der Waals surface area contributed by atoms with E-state index in [9.17, 15) is 18.0 Å². The predicted molar refractivity (Wildman–Crippen MR) is 105 cm³/mol. The van der Waals surface area contributed by atoms with Crippen molar-refractivity contribution in [2.45, 2.75) is 19.1 Å². The van der Waals surface area contributed by atoms with Gasteiger partial charge in [-0.3, -0.25) is 4.79 Å². The van der Waals surface area contributed by atoms with Crippen molar-refractivity contribution in [3.63, 3.8) is 0 Å². The van der Waals surface area contributed by atoms with Crippen LogP contribution >= 0.6 is 0 Å². The van der Waals surface area contributed by atoms with Crippen LogP contribution in [-0.4, -0.2) is 29.5 Å². The van der Waals surface area contributed by atoms with Crippen molar-refractivity contribution in [3.05, 3.63) is 65.0 Å². The number of anilines is 1. The van der Waals surface area contributed by atoms with Crippen LogP contribution in [0.5, 0.6) is 0 Å². The molecule has 0 unspecified atom stereocenters. The summed E-state index contributed by atoms with van der Waals surface area (Å²) in [6.45, 7) is 2.12. The number of hydrogen-bond donors (Lipinski definition) is 3. The molecule has 0 aliphatic rings. The van der Waals surface area contributed by atoms with Gasteiger partial charge in [0.05, 0.1) is 22.7 Å². The standard InChI is InChI=1S/C20H20F3N5O/c1-11-26-17-14(18(24)29)4-3-5-15(17)19(27-11)28-16(10-25-2)12-6-8-13(9-7-12)20(21,22)23/h3-9,16,25H,10H2,1-2H3,(H2,24,29)(H,26,27,28)/t16-/m1/s1. The number of nitrogens with one attached hydrogen (secondary N) is 2. The molecule has 1 aromatic heterocycles. The molecule has 152 valence electrons. The monoisotopic (exact) mass is 403 g/mol. The topological polar surface area (TPSA) is 92.9 Å². The van der Waals surface area contributed by atoms with E-state index in [0.29, 0.717) is 34.7 Å². The van der Waals surface area contributed by atoms with Gasteiger partial charge in [-0.25, -0.2) is 9.97 Å². The lowest BCUT2D eigenvalue weighted by molar-refractivity contribution is -0.137. The number of carbonyl (C=O) groups is 1. The lowest BCUT2D eigenvalue weighted by Crippen LogP contribution is -2.24. The van der Waals surface area contributed by atoms with Gasteiger partial charge in [0.25, 0.3) is 5.91 Å². The summed E-state index contributed by atoms with van der Waals surface area (Å²) in [6.07, 6.45) is -4.39. The van der Waals surface area contributed by atoms with Crippen LogP contribution in [0.4, 0.5) is 19.0 Å². The van der Waals surface area contributed by atoms with Gasteiger partial charge in [-0.15, -0.1) is 0 Å². The first-order chi connectivity index (χ1) is 13.7. The first kappa shape index (κ1) is 20.5. The van der Waals surface area contributed by atoms with E-state index in [4.69, 9.17) is 5.73 Å². The fourth-order valence-corrected chi connectivity index (χ4v) is 3.10. The molecule has 1 heterocycles. The second-order valence-corrected chi connectivity index (χ2v) is 6.56. The number of alkyl halides is 3. The van der Waals surface area contributed by atoms with Crippen molar-refractivity contribution >= 4 is 22.6 Å². The van der Waals surface area contributed by atoms with Gasteiger partial charge in [0.2, 0.25) is 0 Å². The third-order valence-electron chi connectivity index (χ3n) is 4.46. The molecule has 9 heteroatoms. The van der Waals surface area contributed by atoms with Crippen molar-refractivity contribution in [3.8, 4) is 0 Å². The van der Waals surface area contributed by atoms with Crippen LogP contribution in [0.3, 0.4) is 0 Å². The maximum atomic E-state index is 12.9. The summed E-state index contributed by atoms with van der Waals surface area (Å²) in [5, 5.41) is 6.88. The van der Waals surface area contributed by atoms with Crippen molar-refractivity contribution in [1.82, 2.24) is 15.3 Å². The van der Waals surface area contributed by atoms with E-state index >= 15 is 0 Å². The minimum absolute atomic E-state index is 0.274. The molecule has 29 heavy (non-hydrogen) atoms. The Labute approximate surface area is 165 Å². The van der Waals surface area contributed by atoms with Crippen molar-refractivity contribution < 1.29 is 18.0 Å². The Kier molecular flexibility index (Phi) is 5.69. The molecule has 2 aromatic carbocycles. The predicted octanol–water partition coefficient (Wildman–Crippen LogP) is 3.43. The molecule has 0 fully saturated rings. The van der Waals surface area contributed by atoms with E-state index in [1.807, 2.05) is 0 Å². The number of primary amides is 1.